The molecule has 1 fully saturated rings. The Morgan fingerprint density at radius 3 is 2.69 bits per heavy atom. The van der Waals surface area contributed by atoms with Crippen LogP contribution in [-0.2, 0) is 24.9 Å². The van der Waals surface area contributed by atoms with Crippen LogP contribution in [0.15, 0.2) is 31.1 Å². The fourth-order valence-electron chi connectivity index (χ4n) is 5.71. The number of fused-ring (bicyclic) bond motifs is 2. The number of carbonyl (C=O) groups is 1. The first kappa shape index (κ1) is 22.8. The first-order valence-corrected chi connectivity index (χ1v) is 12.6. The van der Waals surface area contributed by atoms with Gasteiger partial charge in [-0.15, -0.1) is 0 Å². The molecule has 1 saturated heterocycles. The van der Waals surface area contributed by atoms with Crippen LogP contribution in [-0.4, -0.2) is 53.7 Å². The Kier molecular flexibility index (Phi) is 5.40. The lowest BCUT2D eigenvalue weighted by Crippen LogP contribution is -2.38. The van der Waals surface area contributed by atoms with Gasteiger partial charge in [-0.1, -0.05) is 18.2 Å². The monoisotopic (exact) mass is 504 g/mol. The Morgan fingerprint density at radius 1 is 1.19 bits per heavy atom. The van der Waals surface area contributed by atoms with Gasteiger partial charge in [0.15, 0.2) is 5.82 Å². The van der Waals surface area contributed by atoms with Gasteiger partial charge in [0, 0.05) is 54.5 Å². The quantitative estimate of drug-likeness (QED) is 0.419. The molecule has 1 N–H and O–H groups in total. The molecule has 36 heavy (non-hydrogen) atoms. The molecule has 0 saturated carbocycles. The molecule has 1 amide bonds. The first-order chi connectivity index (χ1) is 17.4. The van der Waals surface area contributed by atoms with Crippen molar-refractivity contribution in [2.75, 3.05) is 18.0 Å². The molecule has 0 radical (unpaired) electrons. The van der Waals surface area contributed by atoms with Crippen LogP contribution < -0.4 is 4.90 Å². The molecule has 0 bridgehead atoms. The van der Waals surface area contributed by atoms with Gasteiger partial charge >= 0.3 is 0 Å². The minimum Gasteiger partial charge on any atom is -0.344 e. The van der Waals surface area contributed by atoms with Crippen LogP contribution in [0.3, 0.4) is 0 Å². The Balaban J connectivity index is 1.48. The molecule has 0 atom stereocenters. The van der Waals surface area contributed by atoms with E-state index < -0.39 is 0 Å². The number of likely N-dealkylation sites (tertiary alicyclic amines) is 1. The number of anilines is 1. The van der Waals surface area contributed by atoms with Crippen LogP contribution in [0.25, 0.3) is 22.0 Å². The van der Waals surface area contributed by atoms with E-state index in [2.05, 4.69) is 38.4 Å². The number of rotatable bonds is 4. The lowest BCUT2D eigenvalue weighted by molar-refractivity contribution is -0.127. The lowest BCUT2D eigenvalue weighted by atomic mass is 9.98. The van der Waals surface area contributed by atoms with Crippen LogP contribution in [0.2, 0.25) is 5.02 Å². The molecule has 3 aromatic heterocycles. The van der Waals surface area contributed by atoms with E-state index in [1.807, 2.05) is 42.0 Å². The Morgan fingerprint density at radius 2 is 1.97 bits per heavy atom. The van der Waals surface area contributed by atoms with Crippen LogP contribution in [0.4, 0.5) is 5.82 Å². The number of nitrogens with zero attached hydrogens (tertiary/aromatic N) is 7. The number of amides is 1. The van der Waals surface area contributed by atoms with Crippen molar-refractivity contribution >= 4 is 34.2 Å². The number of aromatic amines is 1. The highest BCUT2D eigenvalue weighted by molar-refractivity contribution is 6.36. The average Bonchev–Trinajstić information content (AvgIpc) is 3.65. The summed E-state index contributed by atoms with van der Waals surface area (Å²) in [6.45, 7) is 10.7. The summed E-state index contributed by atoms with van der Waals surface area (Å²) in [5.41, 5.74) is 7.45. The third kappa shape index (κ3) is 3.44. The molecular formula is C26H29ClN8O. The number of hydrogen-bond donors (Lipinski definition) is 1. The van der Waals surface area contributed by atoms with Gasteiger partial charge in [0.05, 0.1) is 41.2 Å². The summed E-state index contributed by atoms with van der Waals surface area (Å²) < 4.78 is 4.10. The third-order valence-electron chi connectivity index (χ3n) is 7.69. The second-order valence-corrected chi connectivity index (χ2v) is 10.2. The van der Waals surface area contributed by atoms with Crippen LogP contribution >= 0.6 is 11.6 Å². The van der Waals surface area contributed by atoms with Crippen molar-refractivity contribution in [2.45, 2.75) is 45.8 Å². The van der Waals surface area contributed by atoms with E-state index >= 15 is 0 Å². The Hall–Kier alpha value is -3.59. The molecule has 2 aliphatic heterocycles. The molecule has 4 aromatic rings. The Bertz CT molecular complexity index is 1500. The van der Waals surface area contributed by atoms with Gasteiger partial charge in [-0.05, 0) is 44.4 Å². The number of piperidine rings is 1. The number of aryl methyl sites for hydroxylation is 2. The molecule has 0 unspecified atom stereocenters. The fourth-order valence-corrected chi connectivity index (χ4v) is 5.97. The largest absolute Gasteiger partial charge is 0.344 e. The minimum atomic E-state index is -0.00986. The topological polar surface area (TPSA) is 87.9 Å². The van der Waals surface area contributed by atoms with Crippen molar-refractivity contribution in [1.29, 1.82) is 0 Å². The maximum atomic E-state index is 12.1. The highest BCUT2D eigenvalue weighted by Gasteiger charge is 2.33. The fraction of sp³-hybridized carbons (Fsp3) is 0.385. The van der Waals surface area contributed by atoms with E-state index in [0.29, 0.717) is 13.1 Å². The molecule has 10 heteroatoms. The van der Waals surface area contributed by atoms with E-state index in [9.17, 15) is 4.79 Å². The standard InChI is InChI=1S/C26H29ClN8O/c1-5-22(36)33-8-6-18(7-9-33)35-16(3)23(24-19-12-28-30-20(19)10-15(2)25(24)27)26(31-35)34-13-17-11-29-32(4)21(17)14-34/h5,10-12,18H,1,6-9,13-14H2,2-4H3,(H,28,30). The number of aromatic nitrogens is 6. The van der Waals surface area contributed by atoms with Crippen molar-refractivity contribution in [3.63, 3.8) is 0 Å². The predicted molar refractivity (Wildman–Crippen MR) is 140 cm³/mol. The molecule has 0 aliphatic carbocycles. The molecule has 2 aliphatic rings. The number of halogens is 1. The zero-order valence-electron chi connectivity index (χ0n) is 20.8. The number of H-pyrrole nitrogens is 1. The number of nitrogens with one attached hydrogen (secondary N) is 1. The van der Waals surface area contributed by atoms with E-state index in [4.69, 9.17) is 16.7 Å². The number of hydrogen-bond acceptors (Lipinski definition) is 5. The molecule has 1 aromatic carbocycles. The summed E-state index contributed by atoms with van der Waals surface area (Å²) in [5.74, 6) is 0.910. The molecule has 6 rings (SSSR count). The first-order valence-electron chi connectivity index (χ1n) is 12.2. The summed E-state index contributed by atoms with van der Waals surface area (Å²) in [6.07, 6.45) is 6.87. The predicted octanol–water partition coefficient (Wildman–Crippen LogP) is 4.30. The molecule has 5 heterocycles. The van der Waals surface area contributed by atoms with E-state index in [0.717, 1.165) is 70.1 Å². The van der Waals surface area contributed by atoms with Crippen LogP contribution in [0.1, 0.15) is 41.4 Å². The zero-order valence-corrected chi connectivity index (χ0v) is 21.5. The van der Waals surface area contributed by atoms with Crippen molar-refractivity contribution in [2.24, 2.45) is 7.05 Å². The summed E-state index contributed by atoms with van der Waals surface area (Å²) >= 11 is 7.01. The average molecular weight is 505 g/mol. The number of benzene rings is 1. The maximum absolute atomic E-state index is 12.1. The molecule has 0 spiro atoms. The summed E-state index contributed by atoms with van der Waals surface area (Å²) in [5, 5.41) is 18.8. The third-order valence-corrected chi connectivity index (χ3v) is 8.18. The smallest absolute Gasteiger partial charge is 0.245 e. The van der Waals surface area contributed by atoms with Crippen molar-refractivity contribution in [1.82, 2.24) is 34.7 Å². The normalized spacial score (nSPS) is 16.2. The Labute approximate surface area is 214 Å². The summed E-state index contributed by atoms with van der Waals surface area (Å²) in [7, 11) is 1.98. The maximum Gasteiger partial charge on any atom is 0.245 e. The lowest BCUT2D eigenvalue weighted by Gasteiger charge is -2.32. The molecule has 9 nitrogen and oxygen atoms in total. The second-order valence-electron chi connectivity index (χ2n) is 9.80. The van der Waals surface area contributed by atoms with Crippen LogP contribution in [0, 0.1) is 13.8 Å². The van der Waals surface area contributed by atoms with Gasteiger partial charge in [-0.2, -0.15) is 15.3 Å². The van der Waals surface area contributed by atoms with Crippen LogP contribution in [0.5, 0.6) is 0 Å². The van der Waals surface area contributed by atoms with Gasteiger partial charge in [-0.3, -0.25) is 19.3 Å². The SMILES string of the molecule is C=CC(=O)N1CCC(n2nc(N3Cc4cnn(C)c4C3)c(-c3c(Cl)c(C)cc4[nH]ncc34)c2C)CC1. The van der Waals surface area contributed by atoms with Gasteiger partial charge in [0.2, 0.25) is 5.91 Å². The number of carbonyl (C=O) groups excluding carboxylic acids is 1. The van der Waals surface area contributed by atoms with Gasteiger partial charge in [-0.25, -0.2) is 0 Å². The van der Waals surface area contributed by atoms with Gasteiger partial charge < -0.3 is 9.80 Å². The van der Waals surface area contributed by atoms with Crippen molar-refractivity contribution in [3.05, 3.63) is 58.7 Å². The highest BCUT2D eigenvalue weighted by atomic mass is 35.5. The second kappa shape index (κ2) is 8.51. The summed E-state index contributed by atoms with van der Waals surface area (Å²) in [6, 6.07) is 2.23. The van der Waals surface area contributed by atoms with E-state index in [-0.39, 0.29) is 11.9 Å². The highest BCUT2D eigenvalue weighted by Crippen LogP contribution is 2.45. The van der Waals surface area contributed by atoms with Gasteiger partial charge in [0.1, 0.15) is 0 Å². The molecular weight excluding hydrogens is 476 g/mol. The molecule has 186 valence electrons. The van der Waals surface area contributed by atoms with E-state index in [1.165, 1.54) is 17.3 Å². The van der Waals surface area contributed by atoms with Crippen molar-refractivity contribution < 1.29 is 4.79 Å². The summed E-state index contributed by atoms with van der Waals surface area (Å²) in [4.78, 5) is 16.3. The zero-order chi connectivity index (χ0) is 25.1. The minimum absolute atomic E-state index is 0.00986. The van der Waals surface area contributed by atoms with E-state index in [1.54, 1.807) is 0 Å². The van der Waals surface area contributed by atoms with Gasteiger partial charge in [0.25, 0.3) is 0 Å². The van der Waals surface area contributed by atoms with Crippen molar-refractivity contribution in [3.8, 4) is 11.1 Å².